The van der Waals surface area contributed by atoms with Crippen LogP contribution in [0, 0.1) is 6.92 Å². The number of carbonyl (C=O) groups excluding carboxylic acids is 1. The number of benzene rings is 2. The molecular weight excluding hydrogens is 304 g/mol. The van der Waals surface area contributed by atoms with Crippen LogP contribution in [0.2, 0.25) is 0 Å². The summed E-state index contributed by atoms with van der Waals surface area (Å²) in [4.78, 5) is 16.3. The van der Waals surface area contributed by atoms with Gasteiger partial charge in [-0.3, -0.25) is 4.79 Å². The third kappa shape index (κ3) is 4.27. The van der Waals surface area contributed by atoms with Crippen LogP contribution in [0.4, 0.5) is 5.69 Å². The molecule has 0 spiro atoms. The van der Waals surface area contributed by atoms with Gasteiger partial charge in [0.15, 0.2) is 0 Å². The molecule has 0 saturated heterocycles. The van der Waals surface area contributed by atoms with Crippen LogP contribution in [-0.2, 0) is 11.2 Å². The molecule has 0 atom stereocenters. The quantitative estimate of drug-likeness (QED) is 0.740. The third-order valence-corrected chi connectivity index (χ3v) is 4.39. The second-order valence-corrected chi connectivity index (χ2v) is 6.35. The molecule has 2 aromatic carbocycles. The molecule has 0 aliphatic carbocycles. The first-order valence-electron chi connectivity index (χ1n) is 7.56. The van der Waals surface area contributed by atoms with E-state index in [9.17, 15) is 4.79 Å². The van der Waals surface area contributed by atoms with Crippen molar-refractivity contribution in [1.29, 1.82) is 0 Å². The summed E-state index contributed by atoms with van der Waals surface area (Å²) in [5.74, 6) is 0.0357. The van der Waals surface area contributed by atoms with Gasteiger partial charge in [-0.05, 0) is 43.2 Å². The zero-order valence-electron chi connectivity index (χ0n) is 13.0. The van der Waals surface area contributed by atoms with Gasteiger partial charge < -0.3 is 5.32 Å². The SMILES string of the molecule is Cc1cccc(CCC(=O)Nc2ccc(-c3nccs3)cc2)c1. The normalized spacial score (nSPS) is 10.5. The highest BCUT2D eigenvalue weighted by Gasteiger charge is 2.05. The van der Waals surface area contributed by atoms with Gasteiger partial charge in [0, 0.05) is 29.2 Å². The largest absolute Gasteiger partial charge is 0.326 e. The van der Waals surface area contributed by atoms with Gasteiger partial charge in [0.05, 0.1) is 0 Å². The maximum absolute atomic E-state index is 12.1. The lowest BCUT2D eigenvalue weighted by atomic mass is 10.1. The number of hydrogen-bond acceptors (Lipinski definition) is 3. The first-order chi connectivity index (χ1) is 11.2. The third-order valence-electron chi connectivity index (χ3n) is 3.57. The van der Waals surface area contributed by atoms with E-state index in [1.54, 1.807) is 17.5 Å². The van der Waals surface area contributed by atoms with Crippen molar-refractivity contribution in [3.8, 4) is 10.6 Å². The van der Waals surface area contributed by atoms with E-state index in [0.29, 0.717) is 6.42 Å². The Balaban J connectivity index is 1.55. The molecule has 23 heavy (non-hydrogen) atoms. The minimum absolute atomic E-state index is 0.0357. The predicted octanol–water partition coefficient (Wildman–Crippen LogP) is 4.69. The first kappa shape index (κ1) is 15.4. The van der Waals surface area contributed by atoms with Crippen LogP contribution in [0.3, 0.4) is 0 Å². The van der Waals surface area contributed by atoms with Crippen LogP contribution in [0.5, 0.6) is 0 Å². The number of carbonyl (C=O) groups is 1. The predicted molar refractivity (Wildman–Crippen MR) is 95.7 cm³/mol. The molecule has 0 aliphatic heterocycles. The highest BCUT2D eigenvalue weighted by atomic mass is 32.1. The standard InChI is InChI=1S/C19H18N2OS/c1-14-3-2-4-15(13-14)5-10-18(22)21-17-8-6-16(7-9-17)19-20-11-12-23-19/h2-4,6-9,11-13H,5,10H2,1H3,(H,21,22). The van der Waals surface area contributed by atoms with Crippen LogP contribution in [-0.4, -0.2) is 10.9 Å². The smallest absolute Gasteiger partial charge is 0.224 e. The fourth-order valence-electron chi connectivity index (χ4n) is 2.41. The van der Waals surface area contributed by atoms with Gasteiger partial charge in [-0.15, -0.1) is 11.3 Å². The van der Waals surface area contributed by atoms with Crippen molar-refractivity contribution in [1.82, 2.24) is 4.98 Å². The molecule has 0 radical (unpaired) electrons. The number of amides is 1. The number of hydrogen-bond donors (Lipinski definition) is 1. The first-order valence-corrected chi connectivity index (χ1v) is 8.44. The van der Waals surface area contributed by atoms with Crippen molar-refractivity contribution in [2.45, 2.75) is 19.8 Å². The molecule has 0 unspecified atom stereocenters. The molecule has 4 heteroatoms. The molecular formula is C19H18N2OS. The maximum Gasteiger partial charge on any atom is 0.224 e. The van der Waals surface area contributed by atoms with Crippen molar-refractivity contribution in [2.24, 2.45) is 0 Å². The monoisotopic (exact) mass is 322 g/mol. The molecule has 0 saturated carbocycles. The molecule has 1 heterocycles. The van der Waals surface area contributed by atoms with E-state index >= 15 is 0 Å². The summed E-state index contributed by atoms with van der Waals surface area (Å²) in [5.41, 5.74) is 4.30. The van der Waals surface area contributed by atoms with E-state index in [-0.39, 0.29) is 5.91 Å². The zero-order chi connectivity index (χ0) is 16.1. The summed E-state index contributed by atoms with van der Waals surface area (Å²) >= 11 is 1.60. The van der Waals surface area contributed by atoms with Crippen LogP contribution in [0.15, 0.2) is 60.1 Å². The fourth-order valence-corrected chi connectivity index (χ4v) is 3.06. The maximum atomic E-state index is 12.1. The van der Waals surface area contributed by atoms with Crippen molar-refractivity contribution >= 4 is 22.9 Å². The van der Waals surface area contributed by atoms with Gasteiger partial charge in [-0.25, -0.2) is 4.98 Å². The van der Waals surface area contributed by atoms with Crippen molar-refractivity contribution in [3.05, 3.63) is 71.2 Å². The Morgan fingerprint density at radius 2 is 2.00 bits per heavy atom. The molecule has 0 bridgehead atoms. The van der Waals surface area contributed by atoms with Crippen LogP contribution in [0.1, 0.15) is 17.5 Å². The Hall–Kier alpha value is -2.46. The summed E-state index contributed by atoms with van der Waals surface area (Å²) < 4.78 is 0. The molecule has 0 fully saturated rings. The number of aromatic nitrogens is 1. The summed E-state index contributed by atoms with van der Waals surface area (Å²) in [7, 11) is 0. The Morgan fingerprint density at radius 3 is 2.70 bits per heavy atom. The molecule has 3 rings (SSSR count). The summed E-state index contributed by atoms with van der Waals surface area (Å²) in [6, 6.07) is 16.1. The van der Waals surface area contributed by atoms with E-state index in [2.05, 4.69) is 35.4 Å². The topological polar surface area (TPSA) is 42.0 Å². The molecule has 3 aromatic rings. The summed E-state index contributed by atoms with van der Waals surface area (Å²) in [6.45, 7) is 2.06. The lowest BCUT2D eigenvalue weighted by Gasteiger charge is -2.06. The molecule has 1 aromatic heterocycles. The lowest BCUT2D eigenvalue weighted by molar-refractivity contribution is -0.116. The van der Waals surface area contributed by atoms with Gasteiger partial charge >= 0.3 is 0 Å². The number of rotatable bonds is 5. The minimum atomic E-state index is 0.0357. The van der Waals surface area contributed by atoms with E-state index < -0.39 is 0 Å². The number of thiazole rings is 1. The fraction of sp³-hybridized carbons (Fsp3) is 0.158. The number of nitrogens with zero attached hydrogens (tertiary/aromatic N) is 1. The Kier molecular flexibility index (Phi) is 4.83. The van der Waals surface area contributed by atoms with Gasteiger partial charge in [-0.1, -0.05) is 29.8 Å². The molecule has 3 nitrogen and oxygen atoms in total. The van der Waals surface area contributed by atoms with E-state index in [1.807, 2.05) is 35.7 Å². The summed E-state index contributed by atoms with van der Waals surface area (Å²) in [6.07, 6.45) is 3.03. The van der Waals surface area contributed by atoms with Crippen molar-refractivity contribution < 1.29 is 4.79 Å². The van der Waals surface area contributed by atoms with Gasteiger partial charge in [-0.2, -0.15) is 0 Å². The van der Waals surface area contributed by atoms with E-state index in [0.717, 1.165) is 22.7 Å². The van der Waals surface area contributed by atoms with E-state index in [4.69, 9.17) is 0 Å². The molecule has 1 amide bonds. The molecule has 1 N–H and O–H groups in total. The lowest BCUT2D eigenvalue weighted by Crippen LogP contribution is -2.12. The van der Waals surface area contributed by atoms with Gasteiger partial charge in [0.1, 0.15) is 5.01 Å². The van der Waals surface area contributed by atoms with Crippen LogP contribution in [0.25, 0.3) is 10.6 Å². The van der Waals surface area contributed by atoms with Crippen LogP contribution < -0.4 is 5.32 Å². The second-order valence-electron chi connectivity index (χ2n) is 5.45. The average molecular weight is 322 g/mol. The van der Waals surface area contributed by atoms with Gasteiger partial charge in [0.25, 0.3) is 0 Å². The van der Waals surface area contributed by atoms with E-state index in [1.165, 1.54) is 11.1 Å². The van der Waals surface area contributed by atoms with Gasteiger partial charge in [0.2, 0.25) is 5.91 Å². The second kappa shape index (κ2) is 7.20. The summed E-state index contributed by atoms with van der Waals surface area (Å²) in [5, 5.41) is 5.89. The van der Waals surface area contributed by atoms with Crippen molar-refractivity contribution in [3.63, 3.8) is 0 Å². The zero-order valence-corrected chi connectivity index (χ0v) is 13.8. The number of aryl methyl sites for hydroxylation is 2. The number of nitrogens with one attached hydrogen (secondary N) is 1. The number of anilines is 1. The Bertz CT molecular complexity index is 779. The Morgan fingerprint density at radius 1 is 1.17 bits per heavy atom. The highest BCUT2D eigenvalue weighted by Crippen LogP contribution is 2.23. The minimum Gasteiger partial charge on any atom is -0.326 e. The average Bonchev–Trinajstić information content (AvgIpc) is 3.08. The Labute approximate surface area is 140 Å². The molecule has 0 aliphatic rings. The van der Waals surface area contributed by atoms with Crippen LogP contribution >= 0.6 is 11.3 Å². The van der Waals surface area contributed by atoms with Crippen molar-refractivity contribution in [2.75, 3.05) is 5.32 Å². The highest BCUT2D eigenvalue weighted by molar-refractivity contribution is 7.13. The molecule has 116 valence electrons.